The molecule has 1 atom stereocenters. The molecule has 0 saturated carbocycles. The van der Waals surface area contributed by atoms with Gasteiger partial charge >= 0.3 is 0 Å². The van der Waals surface area contributed by atoms with Crippen molar-refractivity contribution in [2.24, 2.45) is 11.3 Å². The van der Waals surface area contributed by atoms with Crippen LogP contribution in [0.2, 0.25) is 0 Å². The molecule has 0 bridgehead atoms. The smallest absolute Gasteiger partial charge is 0.227 e. The monoisotopic (exact) mass is 268 g/mol. The van der Waals surface area contributed by atoms with Crippen LogP contribution in [0.4, 0.5) is 0 Å². The Bertz CT molecular complexity index is 369. The summed E-state index contributed by atoms with van der Waals surface area (Å²) in [5.74, 6) is 0.123. The van der Waals surface area contributed by atoms with Crippen LogP contribution in [0.3, 0.4) is 0 Å². The predicted octanol–water partition coefficient (Wildman–Crippen LogP) is 0.474. The Morgan fingerprint density at radius 2 is 1.74 bits per heavy atom. The molecule has 0 spiro atoms. The maximum Gasteiger partial charge on any atom is 0.227 e. The number of aliphatic hydroxyl groups is 1. The third-order valence-electron chi connectivity index (χ3n) is 3.87. The van der Waals surface area contributed by atoms with Crippen molar-refractivity contribution in [3.8, 4) is 0 Å². The van der Waals surface area contributed by atoms with Crippen LogP contribution in [0.25, 0.3) is 0 Å². The summed E-state index contributed by atoms with van der Waals surface area (Å²) in [5.41, 5.74) is -0.391. The van der Waals surface area contributed by atoms with Gasteiger partial charge in [-0.3, -0.25) is 9.59 Å². The quantitative estimate of drug-likeness (QED) is 0.752. The second-order valence-corrected chi connectivity index (χ2v) is 6.74. The highest BCUT2D eigenvalue weighted by Gasteiger charge is 2.37. The lowest BCUT2D eigenvalue weighted by Crippen LogP contribution is -2.57. The summed E-state index contributed by atoms with van der Waals surface area (Å²) in [7, 11) is 0. The summed E-state index contributed by atoms with van der Waals surface area (Å²) in [6.45, 7) is 7.90. The molecule has 0 aromatic heterocycles. The minimum atomic E-state index is -0.391. The molecule has 19 heavy (non-hydrogen) atoms. The zero-order valence-corrected chi connectivity index (χ0v) is 12.1. The average molecular weight is 268 g/mol. The first-order valence-electron chi connectivity index (χ1n) is 7.05. The molecule has 5 nitrogen and oxygen atoms in total. The van der Waals surface area contributed by atoms with Crippen molar-refractivity contribution in [3.05, 3.63) is 0 Å². The van der Waals surface area contributed by atoms with Gasteiger partial charge in [0.05, 0.1) is 12.0 Å². The third kappa shape index (κ3) is 3.08. The third-order valence-corrected chi connectivity index (χ3v) is 3.87. The van der Waals surface area contributed by atoms with Gasteiger partial charge in [0, 0.05) is 31.6 Å². The Morgan fingerprint density at radius 1 is 1.11 bits per heavy atom. The van der Waals surface area contributed by atoms with E-state index in [0.29, 0.717) is 19.6 Å². The van der Waals surface area contributed by atoms with Crippen LogP contribution >= 0.6 is 0 Å². The van der Waals surface area contributed by atoms with Gasteiger partial charge in [-0.25, -0.2) is 0 Å². The largest absolute Gasteiger partial charge is 0.389 e. The second-order valence-electron chi connectivity index (χ2n) is 6.74. The highest BCUT2D eigenvalue weighted by molar-refractivity contribution is 5.84. The summed E-state index contributed by atoms with van der Waals surface area (Å²) in [6.07, 6.45) is 1.37. The molecule has 0 aliphatic carbocycles. The molecule has 2 aliphatic rings. The van der Waals surface area contributed by atoms with Gasteiger partial charge in [-0.1, -0.05) is 20.8 Å². The van der Waals surface area contributed by atoms with Gasteiger partial charge in [0.2, 0.25) is 11.8 Å². The van der Waals surface area contributed by atoms with Gasteiger partial charge in [0.25, 0.3) is 0 Å². The Morgan fingerprint density at radius 3 is 2.26 bits per heavy atom. The number of carbonyl (C=O) groups is 2. The highest BCUT2D eigenvalue weighted by Crippen LogP contribution is 2.25. The van der Waals surface area contributed by atoms with Gasteiger partial charge in [-0.2, -0.15) is 0 Å². The molecule has 2 heterocycles. The lowest BCUT2D eigenvalue weighted by Gasteiger charge is -2.41. The van der Waals surface area contributed by atoms with E-state index in [1.807, 2.05) is 25.7 Å². The second kappa shape index (κ2) is 5.12. The van der Waals surface area contributed by atoms with Crippen LogP contribution in [0, 0.1) is 11.3 Å². The van der Waals surface area contributed by atoms with Gasteiger partial charge in [-0.05, 0) is 12.8 Å². The van der Waals surface area contributed by atoms with Crippen molar-refractivity contribution in [1.82, 2.24) is 9.80 Å². The van der Waals surface area contributed by atoms with E-state index < -0.39 is 5.41 Å². The standard InChI is InChI=1S/C14H24N2O3/c1-14(2,3)13(19)15-6-4-5-10(7-15)12(18)16-8-11(17)9-16/h10-11,17H,4-9H2,1-3H3. The fourth-order valence-electron chi connectivity index (χ4n) is 2.73. The van der Waals surface area contributed by atoms with Gasteiger partial charge in [0.15, 0.2) is 0 Å². The van der Waals surface area contributed by atoms with E-state index in [4.69, 9.17) is 0 Å². The fourth-order valence-corrected chi connectivity index (χ4v) is 2.73. The molecule has 108 valence electrons. The van der Waals surface area contributed by atoms with E-state index in [1.54, 1.807) is 4.90 Å². The van der Waals surface area contributed by atoms with Crippen molar-refractivity contribution >= 4 is 11.8 Å². The lowest BCUT2D eigenvalue weighted by molar-refractivity contribution is -0.151. The molecule has 2 rings (SSSR count). The van der Waals surface area contributed by atoms with Gasteiger partial charge in [-0.15, -0.1) is 0 Å². The van der Waals surface area contributed by atoms with E-state index in [1.165, 1.54) is 0 Å². The maximum atomic E-state index is 12.3. The van der Waals surface area contributed by atoms with Crippen molar-refractivity contribution in [3.63, 3.8) is 0 Å². The normalized spacial score (nSPS) is 25.2. The molecule has 2 saturated heterocycles. The highest BCUT2D eigenvalue weighted by atomic mass is 16.3. The van der Waals surface area contributed by atoms with Crippen LogP contribution in [-0.2, 0) is 9.59 Å². The van der Waals surface area contributed by atoms with Crippen molar-refractivity contribution < 1.29 is 14.7 Å². The molecule has 1 unspecified atom stereocenters. The molecule has 0 aromatic carbocycles. The van der Waals surface area contributed by atoms with E-state index in [2.05, 4.69) is 0 Å². The Labute approximate surface area is 114 Å². The Kier molecular flexibility index (Phi) is 3.85. The van der Waals surface area contributed by atoms with Crippen LogP contribution in [0.5, 0.6) is 0 Å². The number of piperidine rings is 1. The van der Waals surface area contributed by atoms with E-state index >= 15 is 0 Å². The Hall–Kier alpha value is -1.10. The number of aliphatic hydroxyl groups excluding tert-OH is 1. The first-order valence-corrected chi connectivity index (χ1v) is 7.05. The molecule has 2 aliphatic heterocycles. The lowest BCUT2D eigenvalue weighted by atomic mass is 9.90. The van der Waals surface area contributed by atoms with E-state index in [0.717, 1.165) is 19.4 Å². The SMILES string of the molecule is CC(C)(C)C(=O)N1CCCC(C(=O)N2CC(O)C2)C1. The van der Waals surface area contributed by atoms with Crippen molar-refractivity contribution in [2.75, 3.05) is 26.2 Å². The first-order chi connectivity index (χ1) is 8.79. The first kappa shape index (κ1) is 14.3. The molecule has 0 aromatic rings. The zero-order chi connectivity index (χ0) is 14.2. The number of nitrogens with zero attached hydrogens (tertiary/aromatic N) is 2. The molecule has 1 N–H and O–H groups in total. The molecular weight excluding hydrogens is 244 g/mol. The van der Waals surface area contributed by atoms with Gasteiger partial charge < -0.3 is 14.9 Å². The molecule has 2 fully saturated rings. The topological polar surface area (TPSA) is 60.9 Å². The van der Waals surface area contributed by atoms with Crippen molar-refractivity contribution in [2.45, 2.75) is 39.7 Å². The minimum Gasteiger partial charge on any atom is -0.389 e. The summed E-state index contributed by atoms with van der Waals surface area (Å²) >= 11 is 0. The summed E-state index contributed by atoms with van der Waals surface area (Å²) in [4.78, 5) is 28.0. The van der Waals surface area contributed by atoms with E-state index in [-0.39, 0.29) is 23.8 Å². The number of carbonyl (C=O) groups excluding carboxylic acids is 2. The van der Waals surface area contributed by atoms with Crippen molar-refractivity contribution in [1.29, 1.82) is 0 Å². The number of rotatable bonds is 1. The number of hydrogen-bond acceptors (Lipinski definition) is 3. The number of β-amino-alcohol motifs (C(OH)–C–C–N with tert-alkyl or cyclic N) is 1. The van der Waals surface area contributed by atoms with Crippen LogP contribution in [0.15, 0.2) is 0 Å². The minimum absolute atomic E-state index is 0.0902. The molecular formula is C14H24N2O3. The number of hydrogen-bond donors (Lipinski definition) is 1. The average Bonchev–Trinajstić information content (AvgIpc) is 2.32. The number of amides is 2. The number of likely N-dealkylation sites (tertiary alicyclic amines) is 2. The van der Waals surface area contributed by atoms with Crippen LogP contribution in [0.1, 0.15) is 33.6 Å². The predicted molar refractivity (Wildman–Crippen MR) is 71.3 cm³/mol. The zero-order valence-electron chi connectivity index (χ0n) is 12.1. The summed E-state index contributed by atoms with van der Waals surface area (Å²) < 4.78 is 0. The summed E-state index contributed by atoms with van der Waals surface area (Å²) in [6, 6.07) is 0. The molecule has 2 amide bonds. The maximum absolute atomic E-state index is 12.3. The summed E-state index contributed by atoms with van der Waals surface area (Å²) in [5, 5.41) is 9.25. The fraction of sp³-hybridized carbons (Fsp3) is 0.857. The van der Waals surface area contributed by atoms with Crippen LogP contribution in [-0.4, -0.2) is 59.0 Å². The van der Waals surface area contributed by atoms with E-state index in [9.17, 15) is 14.7 Å². The van der Waals surface area contributed by atoms with Crippen LogP contribution < -0.4 is 0 Å². The molecule has 5 heteroatoms. The Balaban J connectivity index is 1.94. The molecule has 0 radical (unpaired) electrons. The van der Waals surface area contributed by atoms with Gasteiger partial charge in [0.1, 0.15) is 0 Å².